The molecule has 0 bridgehead atoms. The molecule has 1 aromatic carbocycles. The molecule has 0 fully saturated rings. The van der Waals surface area contributed by atoms with Gasteiger partial charge in [0, 0.05) is 19.6 Å². The van der Waals surface area contributed by atoms with Crippen molar-refractivity contribution in [2.24, 2.45) is 5.73 Å². The summed E-state index contributed by atoms with van der Waals surface area (Å²) in [6.45, 7) is 5.89. The molecule has 16 heavy (non-hydrogen) atoms. The minimum atomic E-state index is 0.155. The summed E-state index contributed by atoms with van der Waals surface area (Å²) in [4.78, 5) is 13.8. The molecule has 3 heteroatoms. The van der Waals surface area contributed by atoms with E-state index in [0.29, 0.717) is 19.5 Å². The van der Waals surface area contributed by atoms with Crippen molar-refractivity contribution in [3.05, 3.63) is 35.4 Å². The van der Waals surface area contributed by atoms with Crippen LogP contribution in [-0.2, 0) is 11.2 Å². The van der Waals surface area contributed by atoms with Gasteiger partial charge in [0.25, 0.3) is 0 Å². The van der Waals surface area contributed by atoms with Gasteiger partial charge in [-0.1, -0.05) is 24.3 Å². The third kappa shape index (κ3) is 3.35. The van der Waals surface area contributed by atoms with Crippen LogP contribution in [0.3, 0.4) is 0 Å². The lowest BCUT2D eigenvalue weighted by Crippen LogP contribution is -2.36. The Morgan fingerprint density at radius 1 is 1.38 bits per heavy atom. The first-order valence-electron chi connectivity index (χ1n) is 5.71. The second kappa shape index (κ2) is 6.28. The number of hydrogen-bond donors (Lipinski definition) is 1. The maximum absolute atomic E-state index is 12.0. The van der Waals surface area contributed by atoms with Crippen molar-refractivity contribution in [3.8, 4) is 0 Å². The van der Waals surface area contributed by atoms with E-state index in [1.807, 2.05) is 38.1 Å². The lowest BCUT2D eigenvalue weighted by molar-refractivity contribution is -0.130. The van der Waals surface area contributed by atoms with Crippen molar-refractivity contribution in [3.63, 3.8) is 0 Å². The molecular formula is C13H20N2O. The van der Waals surface area contributed by atoms with Gasteiger partial charge in [0.15, 0.2) is 0 Å². The van der Waals surface area contributed by atoms with E-state index in [-0.39, 0.29) is 5.91 Å². The summed E-state index contributed by atoms with van der Waals surface area (Å²) in [6.07, 6.45) is 0.473. The van der Waals surface area contributed by atoms with Crippen molar-refractivity contribution in [2.75, 3.05) is 19.6 Å². The van der Waals surface area contributed by atoms with Gasteiger partial charge in [-0.05, 0) is 25.0 Å². The largest absolute Gasteiger partial charge is 0.341 e. The number of hydrogen-bond acceptors (Lipinski definition) is 2. The van der Waals surface area contributed by atoms with Gasteiger partial charge >= 0.3 is 0 Å². The van der Waals surface area contributed by atoms with Crippen molar-refractivity contribution >= 4 is 5.91 Å². The Hall–Kier alpha value is -1.35. The van der Waals surface area contributed by atoms with Gasteiger partial charge < -0.3 is 10.6 Å². The molecule has 0 saturated heterocycles. The number of amides is 1. The third-order valence-corrected chi connectivity index (χ3v) is 2.74. The summed E-state index contributed by atoms with van der Waals surface area (Å²) in [5, 5.41) is 0. The molecule has 0 aromatic heterocycles. The molecule has 1 rings (SSSR count). The Morgan fingerprint density at radius 2 is 2.06 bits per heavy atom. The summed E-state index contributed by atoms with van der Waals surface area (Å²) in [6, 6.07) is 7.99. The van der Waals surface area contributed by atoms with Crippen LogP contribution < -0.4 is 5.73 Å². The molecular weight excluding hydrogens is 200 g/mol. The predicted octanol–water partition coefficient (Wildman–Crippen LogP) is 1.34. The zero-order chi connectivity index (χ0) is 12.0. The fraction of sp³-hybridized carbons (Fsp3) is 0.462. The summed E-state index contributed by atoms with van der Waals surface area (Å²) >= 11 is 0. The number of likely N-dealkylation sites (N-methyl/N-ethyl adjacent to an activating group) is 1. The van der Waals surface area contributed by atoms with E-state index >= 15 is 0 Å². The van der Waals surface area contributed by atoms with Crippen LogP contribution in [0.5, 0.6) is 0 Å². The first-order valence-corrected chi connectivity index (χ1v) is 5.71. The highest BCUT2D eigenvalue weighted by molar-refractivity contribution is 5.79. The van der Waals surface area contributed by atoms with Crippen LogP contribution in [0, 0.1) is 6.92 Å². The average Bonchev–Trinajstić information content (AvgIpc) is 2.29. The van der Waals surface area contributed by atoms with E-state index in [1.165, 1.54) is 5.56 Å². The van der Waals surface area contributed by atoms with Crippen LogP contribution in [0.25, 0.3) is 0 Å². The molecule has 2 N–H and O–H groups in total. The highest BCUT2D eigenvalue weighted by Gasteiger charge is 2.11. The molecule has 0 aliphatic heterocycles. The van der Waals surface area contributed by atoms with Crippen LogP contribution in [0.4, 0.5) is 0 Å². The number of aryl methyl sites for hydroxylation is 1. The van der Waals surface area contributed by atoms with E-state index in [2.05, 4.69) is 0 Å². The third-order valence-electron chi connectivity index (χ3n) is 2.74. The smallest absolute Gasteiger partial charge is 0.227 e. The van der Waals surface area contributed by atoms with Gasteiger partial charge in [-0.2, -0.15) is 0 Å². The molecule has 0 aliphatic carbocycles. The Kier molecular flexibility index (Phi) is 4.99. The average molecular weight is 220 g/mol. The molecule has 0 spiro atoms. The fourth-order valence-corrected chi connectivity index (χ4v) is 1.70. The molecule has 88 valence electrons. The van der Waals surface area contributed by atoms with Gasteiger partial charge in [0.1, 0.15) is 0 Å². The molecule has 1 aromatic rings. The van der Waals surface area contributed by atoms with Crippen molar-refractivity contribution < 1.29 is 4.79 Å². The number of carbonyl (C=O) groups is 1. The number of nitrogens with two attached hydrogens (primary N) is 1. The summed E-state index contributed by atoms with van der Waals surface area (Å²) < 4.78 is 0. The van der Waals surface area contributed by atoms with Crippen molar-refractivity contribution in [1.29, 1.82) is 0 Å². The van der Waals surface area contributed by atoms with Crippen molar-refractivity contribution in [1.82, 2.24) is 4.90 Å². The number of benzene rings is 1. The highest BCUT2D eigenvalue weighted by atomic mass is 16.2. The maximum atomic E-state index is 12.0. The topological polar surface area (TPSA) is 46.3 Å². The second-order valence-corrected chi connectivity index (χ2v) is 3.87. The Labute approximate surface area is 97.2 Å². The fourth-order valence-electron chi connectivity index (χ4n) is 1.70. The van der Waals surface area contributed by atoms with Gasteiger partial charge in [-0.15, -0.1) is 0 Å². The van der Waals surface area contributed by atoms with Crippen LogP contribution in [0.1, 0.15) is 18.1 Å². The maximum Gasteiger partial charge on any atom is 0.227 e. The first kappa shape index (κ1) is 12.7. The lowest BCUT2D eigenvalue weighted by Gasteiger charge is -2.20. The normalized spacial score (nSPS) is 10.2. The predicted molar refractivity (Wildman–Crippen MR) is 66.2 cm³/mol. The SMILES string of the molecule is CCN(CCN)C(=O)Cc1ccccc1C. The van der Waals surface area contributed by atoms with Gasteiger partial charge in [-0.25, -0.2) is 0 Å². The second-order valence-electron chi connectivity index (χ2n) is 3.87. The summed E-state index contributed by atoms with van der Waals surface area (Å²) in [7, 11) is 0. The van der Waals surface area contributed by atoms with E-state index in [4.69, 9.17) is 5.73 Å². The number of rotatable bonds is 5. The molecule has 0 aliphatic rings. The van der Waals surface area contributed by atoms with E-state index < -0.39 is 0 Å². The summed E-state index contributed by atoms with van der Waals surface area (Å²) in [5.41, 5.74) is 7.74. The van der Waals surface area contributed by atoms with Crippen LogP contribution >= 0.6 is 0 Å². The zero-order valence-corrected chi connectivity index (χ0v) is 10.1. The quantitative estimate of drug-likeness (QED) is 0.814. The van der Waals surface area contributed by atoms with E-state index in [9.17, 15) is 4.79 Å². The van der Waals surface area contributed by atoms with Crippen molar-refractivity contribution in [2.45, 2.75) is 20.3 Å². The molecule has 0 radical (unpaired) electrons. The standard InChI is InChI=1S/C13H20N2O/c1-3-15(9-8-14)13(16)10-12-7-5-4-6-11(12)2/h4-7H,3,8-10,14H2,1-2H3. The summed E-state index contributed by atoms with van der Waals surface area (Å²) in [5.74, 6) is 0.155. The first-order chi connectivity index (χ1) is 7.69. The van der Waals surface area contributed by atoms with E-state index in [0.717, 1.165) is 12.1 Å². The Balaban J connectivity index is 2.66. The highest BCUT2D eigenvalue weighted by Crippen LogP contribution is 2.09. The Bertz CT molecular complexity index is 350. The molecule has 0 heterocycles. The van der Waals surface area contributed by atoms with Gasteiger partial charge in [0.2, 0.25) is 5.91 Å². The zero-order valence-electron chi connectivity index (χ0n) is 10.1. The van der Waals surface area contributed by atoms with Crippen LogP contribution in [0.2, 0.25) is 0 Å². The minimum Gasteiger partial charge on any atom is -0.341 e. The molecule has 0 unspecified atom stereocenters. The van der Waals surface area contributed by atoms with Crippen LogP contribution in [0.15, 0.2) is 24.3 Å². The van der Waals surface area contributed by atoms with Gasteiger partial charge in [-0.3, -0.25) is 4.79 Å². The van der Waals surface area contributed by atoms with Crippen LogP contribution in [-0.4, -0.2) is 30.4 Å². The molecule has 1 amide bonds. The molecule has 0 atom stereocenters. The molecule has 0 saturated carbocycles. The lowest BCUT2D eigenvalue weighted by atomic mass is 10.1. The Morgan fingerprint density at radius 3 is 2.62 bits per heavy atom. The number of carbonyl (C=O) groups excluding carboxylic acids is 1. The number of nitrogens with zero attached hydrogens (tertiary/aromatic N) is 1. The van der Waals surface area contributed by atoms with E-state index in [1.54, 1.807) is 4.90 Å². The minimum absolute atomic E-state index is 0.155. The monoisotopic (exact) mass is 220 g/mol. The van der Waals surface area contributed by atoms with Gasteiger partial charge in [0.05, 0.1) is 6.42 Å². The molecule has 3 nitrogen and oxygen atoms in total.